The van der Waals surface area contributed by atoms with Crippen LogP contribution in [0.3, 0.4) is 0 Å². The lowest BCUT2D eigenvalue weighted by Gasteiger charge is -2.15. The normalized spacial score (nSPS) is 12.3. The van der Waals surface area contributed by atoms with Crippen molar-refractivity contribution in [2.24, 2.45) is 0 Å². The molecule has 7 nitrogen and oxygen atoms in total. The molecule has 0 aliphatic heterocycles. The smallest absolute Gasteiger partial charge is 0.319 e. The maximum Gasteiger partial charge on any atom is 0.319 e. The third-order valence-electron chi connectivity index (χ3n) is 3.77. The molecule has 0 saturated heterocycles. The van der Waals surface area contributed by atoms with E-state index in [1.807, 2.05) is 39.8 Å². The highest BCUT2D eigenvalue weighted by molar-refractivity contribution is 7.11. The van der Waals surface area contributed by atoms with E-state index in [0.29, 0.717) is 17.2 Å². The van der Waals surface area contributed by atoms with E-state index < -0.39 is 0 Å². The number of amides is 2. The van der Waals surface area contributed by atoms with Gasteiger partial charge in [-0.05, 0) is 39.3 Å². The molecule has 3 aromatic heterocycles. The summed E-state index contributed by atoms with van der Waals surface area (Å²) in [4.78, 5) is 22.5. The fourth-order valence-corrected chi connectivity index (χ4v) is 3.47. The third-order valence-corrected chi connectivity index (χ3v) is 4.96. The zero-order valence-electron chi connectivity index (χ0n) is 14.1. The number of aromatic nitrogens is 4. The van der Waals surface area contributed by atoms with Gasteiger partial charge in [0, 0.05) is 11.1 Å². The van der Waals surface area contributed by atoms with Gasteiger partial charge < -0.3 is 10.6 Å². The molecule has 0 aliphatic rings. The van der Waals surface area contributed by atoms with Gasteiger partial charge >= 0.3 is 6.03 Å². The quantitative estimate of drug-likeness (QED) is 0.760. The molecule has 0 spiro atoms. The lowest BCUT2D eigenvalue weighted by molar-refractivity contribution is 0.248. The predicted octanol–water partition coefficient (Wildman–Crippen LogP) is 3.38. The van der Waals surface area contributed by atoms with Crippen LogP contribution in [-0.2, 0) is 0 Å². The number of anilines is 1. The fourth-order valence-electron chi connectivity index (χ4n) is 2.41. The van der Waals surface area contributed by atoms with Gasteiger partial charge in [-0.2, -0.15) is 5.10 Å². The Bertz CT molecular complexity index is 864. The van der Waals surface area contributed by atoms with E-state index >= 15 is 0 Å². The number of pyridine rings is 1. The molecule has 126 valence electrons. The monoisotopic (exact) mass is 344 g/mol. The molecule has 2 N–H and O–H groups in total. The van der Waals surface area contributed by atoms with Crippen molar-refractivity contribution in [1.82, 2.24) is 24.9 Å². The molecule has 2 amide bonds. The molecule has 3 rings (SSSR count). The summed E-state index contributed by atoms with van der Waals surface area (Å²) in [5.41, 5.74) is 2.26. The number of rotatable bonds is 4. The Labute approximate surface area is 144 Å². The van der Waals surface area contributed by atoms with Crippen molar-refractivity contribution in [3.63, 3.8) is 0 Å². The summed E-state index contributed by atoms with van der Waals surface area (Å²) in [6, 6.07) is 3.24. The van der Waals surface area contributed by atoms with Crippen LogP contribution in [0.2, 0.25) is 0 Å². The number of fused-ring (bicyclic) bond motifs is 1. The Morgan fingerprint density at radius 3 is 2.79 bits per heavy atom. The lowest BCUT2D eigenvalue weighted by atomic mass is 10.2. The van der Waals surface area contributed by atoms with Crippen LogP contribution in [0.15, 0.2) is 18.3 Å². The van der Waals surface area contributed by atoms with Gasteiger partial charge in [0.25, 0.3) is 0 Å². The molecule has 1 unspecified atom stereocenters. The second-order valence-electron chi connectivity index (χ2n) is 5.60. The van der Waals surface area contributed by atoms with E-state index in [1.165, 1.54) is 4.88 Å². The summed E-state index contributed by atoms with van der Waals surface area (Å²) in [6.45, 7) is 7.87. The molecule has 0 fully saturated rings. The molecule has 0 saturated carbocycles. The molecule has 3 heterocycles. The van der Waals surface area contributed by atoms with Crippen molar-refractivity contribution in [3.05, 3.63) is 39.7 Å². The third kappa shape index (κ3) is 3.23. The molecule has 1 atom stereocenters. The van der Waals surface area contributed by atoms with Gasteiger partial charge in [-0.1, -0.05) is 6.92 Å². The van der Waals surface area contributed by atoms with Gasteiger partial charge in [-0.3, -0.25) is 0 Å². The highest BCUT2D eigenvalue weighted by atomic mass is 32.1. The lowest BCUT2D eigenvalue weighted by Crippen LogP contribution is -2.32. The Morgan fingerprint density at radius 2 is 2.12 bits per heavy atom. The summed E-state index contributed by atoms with van der Waals surface area (Å²) in [5.74, 6) is 0.657. The van der Waals surface area contributed by atoms with Gasteiger partial charge in [-0.15, -0.1) is 11.3 Å². The van der Waals surface area contributed by atoms with Crippen molar-refractivity contribution in [3.8, 4) is 0 Å². The first-order chi connectivity index (χ1) is 11.5. The molecule has 8 heteroatoms. The Balaban J connectivity index is 1.76. The van der Waals surface area contributed by atoms with Crippen LogP contribution in [0.1, 0.15) is 40.8 Å². The number of thiazole rings is 1. The molecule has 0 aromatic carbocycles. The first kappa shape index (κ1) is 16.4. The van der Waals surface area contributed by atoms with Crippen molar-refractivity contribution in [2.75, 3.05) is 5.32 Å². The van der Waals surface area contributed by atoms with E-state index in [-0.39, 0.29) is 12.1 Å². The van der Waals surface area contributed by atoms with Gasteiger partial charge in [-0.25, -0.2) is 19.3 Å². The number of hydrogen-bond acceptors (Lipinski definition) is 5. The summed E-state index contributed by atoms with van der Waals surface area (Å²) < 4.78 is 1.65. The van der Waals surface area contributed by atoms with Crippen LogP contribution in [0.25, 0.3) is 5.65 Å². The minimum absolute atomic E-state index is 0.110. The van der Waals surface area contributed by atoms with Gasteiger partial charge in [0.1, 0.15) is 10.8 Å². The van der Waals surface area contributed by atoms with E-state index in [0.717, 1.165) is 17.1 Å². The second kappa shape index (κ2) is 6.56. The standard InChI is InChI=1S/C16H20N6OS/c1-5-12(15-17-9(2)10(3)24-15)19-16(23)20-13-7-6-8-22-14(13)18-11(4)21-22/h6-8,12H,5H2,1-4H3,(H2,19,20,23). The first-order valence-electron chi connectivity index (χ1n) is 7.81. The number of aryl methyl sites for hydroxylation is 3. The van der Waals surface area contributed by atoms with Crippen molar-refractivity contribution < 1.29 is 4.79 Å². The van der Waals surface area contributed by atoms with Crippen molar-refractivity contribution in [1.29, 1.82) is 0 Å². The molecule has 0 aliphatic carbocycles. The second-order valence-corrected chi connectivity index (χ2v) is 6.84. The summed E-state index contributed by atoms with van der Waals surface area (Å²) in [5, 5.41) is 11.0. The summed E-state index contributed by atoms with van der Waals surface area (Å²) in [7, 11) is 0. The molecular formula is C16H20N6OS. The number of hydrogen-bond donors (Lipinski definition) is 2. The minimum Gasteiger partial charge on any atom is -0.329 e. The maximum atomic E-state index is 12.4. The number of nitrogens with zero attached hydrogens (tertiary/aromatic N) is 4. The van der Waals surface area contributed by atoms with Crippen LogP contribution in [-0.4, -0.2) is 25.6 Å². The zero-order chi connectivity index (χ0) is 17.3. The van der Waals surface area contributed by atoms with E-state index in [4.69, 9.17) is 0 Å². The SMILES string of the molecule is CCC(NC(=O)Nc1cccn2nc(C)nc12)c1nc(C)c(C)s1. The number of carbonyl (C=O) groups excluding carboxylic acids is 1. The maximum absolute atomic E-state index is 12.4. The van der Waals surface area contributed by atoms with Crippen molar-refractivity contribution >= 4 is 28.7 Å². The van der Waals surface area contributed by atoms with Gasteiger partial charge in [0.05, 0.1) is 17.4 Å². The largest absolute Gasteiger partial charge is 0.329 e. The van der Waals surface area contributed by atoms with Crippen LogP contribution in [0.4, 0.5) is 10.5 Å². The van der Waals surface area contributed by atoms with E-state index in [1.54, 1.807) is 22.0 Å². The zero-order valence-corrected chi connectivity index (χ0v) is 14.9. The Hall–Kier alpha value is -2.48. The topological polar surface area (TPSA) is 84.2 Å². The Kier molecular flexibility index (Phi) is 4.48. The molecule has 3 aromatic rings. The highest BCUT2D eigenvalue weighted by Crippen LogP contribution is 2.25. The van der Waals surface area contributed by atoms with E-state index in [9.17, 15) is 4.79 Å². The van der Waals surface area contributed by atoms with Gasteiger partial charge in [0.2, 0.25) is 0 Å². The average Bonchev–Trinajstić information content (AvgIpc) is 3.07. The predicted molar refractivity (Wildman–Crippen MR) is 94.5 cm³/mol. The van der Waals surface area contributed by atoms with Gasteiger partial charge in [0.15, 0.2) is 5.65 Å². The minimum atomic E-state index is -0.277. The summed E-state index contributed by atoms with van der Waals surface area (Å²) >= 11 is 1.62. The van der Waals surface area contributed by atoms with Crippen molar-refractivity contribution in [2.45, 2.75) is 40.2 Å². The van der Waals surface area contributed by atoms with Crippen LogP contribution in [0, 0.1) is 20.8 Å². The molecular weight excluding hydrogens is 324 g/mol. The number of urea groups is 1. The fraction of sp³-hybridized carbons (Fsp3) is 0.375. The van der Waals surface area contributed by atoms with Crippen LogP contribution >= 0.6 is 11.3 Å². The molecule has 0 bridgehead atoms. The highest BCUT2D eigenvalue weighted by Gasteiger charge is 2.18. The number of carbonyl (C=O) groups is 1. The molecule has 24 heavy (non-hydrogen) atoms. The summed E-state index contributed by atoms with van der Waals surface area (Å²) in [6.07, 6.45) is 2.57. The van der Waals surface area contributed by atoms with Crippen LogP contribution in [0.5, 0.6) is 0 Å². The average molecular weight is 344 g/mol. The van der Waals surface area contributed by atoms with E-state index in [2.05, 4.69) is 25.7 Å². The molecule has 0 radical (unpaired) electrons. The van der Waals surface area contributed by atoms with Crippen LogP contribution < -0.4 is 10.6 Å². The Morgan fingerprint density at radius 1 is 1.33 bits per heavy atom. The first-order valence-corrected chi connectivity index (χ1v) is 8.63. The number of nitrogens with one attached hydrogen (secondary N) is 2.